The van der Waals surface area contributed by atoms with Gasteiger partial charge in [0.25, 0.3) is 0 Å². The predicted octanol–water partition coefficient (Wildman–Crippen LogP) is 2.20. The minimum atomic E-state index is -5.14. The number of rotatable bonds is 4. The number of halogens is 1. The quantitative estimate of drug-likeness (QED) is 0.407. The van der Waals surface area contributed by atoms with Crippen molar-refractivity contribution in [3.05, 3.63) is 0 Å². The van der Waals surface area contributed by atoms with E-state index in [1.54, 1.807) is 0 Å². The fraction of sp³-hybridized carbons (Fsp3) is 1.00. The zero-order valence-corrected chi connectivity index (χ0v) is 8.56. The molecule has 0 aliphatic rings. The molecule has 6 heteroatoms. The van der Waals surface area contributed by atoms with E-state index in [9.17, 15) is 4.20 Å². The third-order valence-electron chi connectivity index (χ3n) is 1.21. The normalized spacial score (nSPS) is 10.5. The Morgan fingerprint density at radius 1 is 1.33 bits per heavy atom. The summed E-state index contributed by atoms with van der Waals surface area (Å²) in [6, 6.07) is 0. The molecule has 0 aromatic heterocycles. The van der Waals surface area contributed by atoms with Crippen molar-refractivity contribution in [2.75, 3.05) is 0 Å². The van der Waals surface area contributed by atoms with E-state index in [2.05, 4.69) is 24.6 Å². The van der Waals surface area contributed by atoms with E-state index in [1.165, 1.54) is 30.8 Å². The van der Waals surface area contributed by atoms with E-state index in [4.69, 9.17) is 14.4 Å². The van der Waals surface area contributed by atoms with Crippen LogP contribution in [0.15, 0.2) is 0 Å². The zero-order chi connectivity index (χ0) is 10.0. The second-order valence-electron chi connectivity index (χ2n) is 2.53. The Morgan fingerprint density at radius 3 is 2.00 bits per heavy atom. The van der Waals surface area contributed by atoms with Crippen molar-refractivity contribution in [1.82, 2.24) is 0 Å². The molecule has 0 atom stereocenters. The molecule has 3 nitrogen and oxygen atoms in total. The molecule has 0 radical (unpaired) electrons. The van der Waals surface area contributed by atoms with Gasteiger partial charge in [0.2, 0.25) is 0 Å². The number of hydrogen-bond acceptors (Lipinski definition) is 1. The van der Waals surface area contributed by atoms with Crippen molar-refractivity contribution < 1.29 is 18.5 Å². The third kappa shape index (κ3) is 45.7. The first-order valence-corrected chi connectivity index (χ1v) is 5.67. The van der Waals surface area contributed by atoms with Gasteiger partial charge in [0.15, 0.2) is 0 Å². The summed E-state index contributed by atoms with van der Waals surface area (Å²) in [5.74, 6) is 0. The molecule has 70 valence electrons. The van der Waals surface area contributed by atoms with Gasteiger partial charge in [-0.1, -0.05) is 0 Å². The van der Waals surface area contributed by atoms with Crippen molar-refractivity contribution >= 4 is 25.6 Å². The van der Waals surface area contributed by atoms with Crippen LogP contribution in [0.2, 0.25) is 5.09 Å². The maximum absolute atomic E-state index is 10.4. The van der Waals surface area contributed by atoms with Crippen LogP contribution in [0.3, 0.4) is 0 Å². The summed E-state index contributed by atoms with van der Waals surface area (Å²) in [5.41, 5.74) is 0. The zero-order valence-electron chi connectivity index (χ0n) is 7.66. The summed E-state index contributed by atoms with van der Waals surface area (Å²) in [5, 5.41) is 1.36. The molecule has 0 heterocycles. The van der Waals surface area contributed by atoms with Gasteiger partial charge >= 0.3 is 63.3 Å². The first kappa shape index (κ1) is 15.2. The molecule has 0 amide bonds. The Hall–Kier alpha value is 0.677. The van der Waals surface area contributed by atoms with E-state index >= 15 is 0 Å². The Labute approximate surface area is 82.2 Å². The first-order valence-electron chi connectivity index (χ1n) is 4.17. The van der Waals surface area contributed by atoms with Gasteiger partial charge in [-0.3, -0.25) is 9.79 Å². The van der Waals surface area contributed by atoms with Crippen LogP contribution in [-0.2, 0) is 4.57 Å². The summed E-state index contributed by atoms with van der Waals surface area (Å²) in [4.78, 5) is 13.9. The first-order chi connectivity index (χ1) is 5.41. The molecule has 0 aliphatic heterocycles. The molecule has 0 saturated heterocycles. The molecule has 0 rings (SSSR count). The summed E-state index contributed by atoms with van der Waals surface area (Å²) < 4.78 is 19.0. The van der Waals surface area contributed by atoms with Crippen molar-refractivity contribution in [2.45, 2.75) is 37.7 Å². The average Bonchev–Trinajstić information content (AvgIpc) is 1.85. The Bertz CT molecular complexity index is 116. The van der Waals surface area contributed by atoms with Gasteiger partial charge in [0.1, 0.15) is 0 Å². The molecule has 0 aliphatic carbocycles. The van der Waals surface area contributed by atoms with Crippen molar-refractivity contribution in [1.29, 1.82) is 0 Å². The molecule has 0 saturated carbocycles. The molecule has 0 aromatic rings. The number of hydrogen-bond donors (Lipinski definition) is 2. The van der Waals surface area contributed by atoms with Gasteiger partial charge in [-0.05, 0) is 0 Å². The van der Waals surface area contributed by atoms with Crippen LogP contribution in [0, 0.1) is 0 Å². The maximum atomic E-state index is 10.4. The van der Waals surface area contributed by atoms with E-state index in [-0.39, 0.29) is 0 Å². The second kappa shape index (κ2) is 9.76. The summed E-state index contributed by atoms with van der Waals surface area (Å²) in [7, 11) is -5.14. The predicted molar refractivity (Wildman–Crippen MR) is 47.9 cm³/mol. The van der Waals surface area contributed by atoms with Gasteiger partial charge in [0, 0.05) is 0 Å². The van der Waals surface area contributed by atoms with E-state index in [0.29, 0.717) is 0 Å². The molecule has 0 aromatic carbocycles. The van der Waals surface area contributed by atoms with Gasteiger partial charge in [-0.15, -0.1) is 4.20 Å². The Kier molecular flexibility index (Phi) is 12.3. The average molecular weight is 192 g/mol. The molecule has 0 bridgehead atoms. The van der Waals surface area contributed by atoms with Gasteiger partial charge in [-0.25, -0.2) is 4.57 Å². The number of unbranched alkanes of at least 4 members (excludes halogenated alkanes) is 3. The van der Waals surface area contributed by atoms with Crippen molar-refractivity contribution in [3.8, 4) is 0 Å². The minimum absolute atomic E-state index is 1.36. The van der Waals surface area contributed by atoms with Crippen LogP contribution >= 0.6 is 7.91 Å². The van der Waals surface area contributed by atoms with Crippen molar-refractivity contribution in [2.24, 2.45) is 0 Å². The fourth-order valence-electron chi connectivity index (χ4n) is 0.677. The van der Waals surface area contributed by atoms with Gasteiger partial charge < -0.3 is 0 Å². The monoisotopic (exact) mass is 192 g/mol. The summed E-state index contributed by atoms with van der Waals surface area (Å²) in [6.07, 6.45) is 5.65. The van der Waals surface area contributed by atoms with E-state index in [1.807, 2.05) is 0 Å². The molecule has 0 fully saturated rings. The second-order valence-corrected chi connectivity index (χ2v) is 3.48. The molecule has 2 N–H and O–H groups in total. The third-order valence-corrected chi connectivity index (χ3v) is 1.21. The summed E-state index contributed by atoms with van der Waals surface area (Å²) >= 11 is 2.25. The molecular formula is C6H15FLiO3P. The standard InChI is InChI=1S/C6H13.FH2O3P.Li/c1-3-5-6-4-2;1-5(2,3)4;/h1,3-6H2,2H3;(H2,2,3,4);. The van der Waals surface area contributed by atoms with Crippen LogP contribution < -0.4 is 0 Å². The molecule has 12 heavy (non-hydrogen) atoms. The van der Waals surface area contributed by atoms with Crippen LogP contribution in [0.4, 0.5) is 4.20 Å². The topological polar surface area (TPSA) is 57.5 Å². The molecular weight excluding hydrogens is 177 g/mol. The van der Waals surface area contributed by atoms with Crippen LogP contribution in [-0.4, -0.2) is 27.5 Å². The van der Waals surface area contributed by atoms with Crippen molar-refractivity contribution in [3.63, 3.8) is 0 Å². The van der Waals surface area contributed by atoms with Crippen LogP contribution in [0.25, 0.3) is 0 Å². The van der Waals surface area contributed by atoms with Crippen LogP contribution in [0.5, 0.6) is 0 Å². The fourth-order valence-corrected chi connectivity index (χ4v) is 0.677. The Balaban J connectivity index is 0. The van der Waals surface area contributed by atoms with E-state index < -0.39 is 7.91 Å². The van der Waals surface area contributed by atoms with Gasteiger partial charge in [-0.2, -0.15) is 0 Å². The SMILES string of the molecule is O=P(O)(O)F.[Li][CH2]CCCCC. The summed E-state index contributed by atoms with van der Waals surface area (Å²) in [6.45, 7) is 2.25. The van der Waals surface area contributed by atoms with Crippen LogP contribution in [0.1, 0.15) is 32.6 Å². The van der Waals surface area contributed by atoms with E-state index in [0.717, 1.165) is 0 Å². The molecule has 0 unspecified atom stereocenters. The van der Waals surface area contributed by atoms with Gasteiger partial charge in [0.05, 0.1) is 0 Å². The Morgan fingerprint density at radius 2 is 1.75 bits per heavy atom. The molecule has 0 spiro atoms.